The highest BCUT2D eigenvalue weighted by atomic mass is 16.5. The fourth-order valence-corrected chi connectivity index (χ4v) is 2.75. The van der Waals surface area contributed by atoms with Gasteiger partial charge in [-0.15, -0.1) is 0 Å². The summed E-state index contributed by atoms with van der Waals surface area (Å²) in [5.41, 5.74) is 8.82. The molecule has 1 fully saturated rings. The monoisotopic (exact) mass is 231 g/mol. The Balaban J connectivity index is 1.54. The second-order valence-corrected chi connectivity index (χ2v) is 5.63. The highest BCUT2D eigenvalue weighted by Gasteiger charge is 2.30. The first-order valence-electron chi connectivity index (χ1n) is 6.74. The minimum Gasteiger partial charge on any atom is -0.490 e. The van der Waals surface area contributed by atoms with Crippen LogP contribution in [0.15, 0.2) is 18.2 Å². The lowest BCUT2D eigenvalue weighted by atomic mass is 10.0. The summed E-state index contributed by atoms with van der Waals surface area (Å²) in [7, 11) is 0. The average molecular weight is 231 g/mol. The van der Waals surface area contributed by atoms with Crippen LogP contribution in [0.5, 0.6) is 5.75 Å². The minimum atomic E-state index is 0.358. The first kappa shape index (κ1) is 11.1. The van der Waals surface area contributed by atoms with Crippen LogP contribution in [0.4, 0.5) is 0 Å². The van der Waals surface area contributed by atoms with Crippen LogP contribution in [0, 0.1) is 12.8 Å². The van der Waals surface area contributed by atoms with Gasteiger partial charge in [-0.05, 0) is 50.2 Å². The van der Waals surface area contributed by atoms with E-state index < -0.39 is 0 Å². The molecular formula is C15H21NO. The van der Waals surface area contributed by atoms with Crippen LogP contribution < -0.4 is 10.5 Å². The number of rotatable bonds is 4. The second-order valence-electron chi connectivity index (χ2n) is 5.63. The summed E-state index contributed by atoms with van der Waals surface area (Å²) >= 11 is 0. The maximum atomic E-state index is 6.13. The van der Waals surface area contributed by atoms with Gasteiger partial charge < -0.3 is 10.5 Å². The highest BCUT2D eigenvalue weighted by Crippen LogP contribution is 2.35. The van der Waals surface area contributed by atoms with Crippen molar-refractivity contribution in [1.82, 2.24) is 0 Å². The van der Waals surface area contributed by atoms with Crippen molar-refractivity contribution in [3.05, 3.63) is 29.3 Å². The van der Waals surface area contributed by atoms with Crippen molar-refractivity contribution >= 4 is 0 Å². The van der Waals surface area contributed by atoms with Crippen LogP contribution in [-0.2, 0) is 6.42 Å². The fourth-order valence-electron chi connectivity index (χ4n) is 2.75. The summed E-state index contributed by atoms with van der Waals surface area (Å²) in [5.74, 6) is 1.89. The van der Waals surface area contributed by atoms with Crippen LogP contribution in [-0.4, -0.2) is 12.1 Å². The van der Waals surface area contributed by atoms with Crippen LogP contribution >= 0.6 is 0 Å². The Morgan fingerprint density at radius 2 is 2.24 bits per heavy atom. The number of ether oxygens (including phenoxy) is 1. The number of hydrogen-bond donors (Lipinski definition) is 1. The van der Waals surface area contributed by atoms with Crippen molar-refractivity contribution in [3.8, 4) is 5.75 Å². The Morgan fingerprint density at radius 3 is 3.00 bits per heavy atom. The van der Waals surface area contributed by atoms with Crippen molar-refractivity contribution < 1.29 is 4.74 Å². The van der Waals surface area contributed by atoms with E-state index in [1.165, 1.54) is 24.0 Å². The standard InChI is InChI=1S/C15H21NO/c1-10-2-7-15-12(8-10)9-13(17-15)5-6-14(16)11-3-4-11/h2,7-8,11,13-14H,3-6,9,16H2,1H3. The lowest BCUT2D eigenvalue weighted by Gasteiger charge is -2.14. The summed E-state index contributed by atoms with van der Waals surface area (Å²) in [4.78, 5) is 0. The van der Waals surface area contributed by atoms with Crippen LogP contribution in [0.1, 0.15) is 36.8 Å². The molecule has 0 spiro atoms. The van der Waals surface area contributed by atoms with E-state index in [0.29, 0.717) is 12.1 Å². The molecule has 2 N–H and O–H groups in total. The molecule has 92 valence electrons. The van der Waals surface area contributed by atoms with Gasteiger partial charge in [0.1, 0.15) is 11.9 Å². The van der Waals surface area contributed by atoms with Gasteiger partial charge in [-0.25, -0.2) is 0 Å². The molecule has 1 aromatic carbocycles. The Bertz CT molecular complexity index is 411. The van der Waals surface area contributed by atoms with E-state index in [2.05, 4.69) is 25.1 Å². The van der Waals surface area contributed by atoms with Crippen molar-refractivity contribution in [2.45, 2.75) is 51.2 Å². The zero-order valence-electron chi connectivity index (χ0n) is 10.5. The van der Waals surface area contributed by atoms with Crippen molar-refractivity contribution in [1.29, 1.82) is 0 Å². The third-order valence-electron chi connectivity index (χ3n) is 4.01. The van der Waals surface area contributed by atoms with Crippen LogP contribution in [0.3, 0.4) is 0 Å². The van der Waals surface area contributed by atoms with Crippen LogP contribution in [0.25, 0.3) is 0 Å². The quantitative estimate of drug-likeness (QED) is 0.864. The molecular weight excluding hydrogens is 210 g/mol. The molecule has 1 aliphatic heterocycles. The van der Waals surface area contributed by atoms with Gasteiger partial charge in [0, 0.05) is 12.5 Å². The molecule has 3 rings (SSSR count). The fraction of sp³-hybridized carbons (Fsp3) is 0.600. The molecule has 1 aliphatic carbocycles. The maximum absolute atomic E-state index is 6.13. The first-order valence-corrected chi connectivity index (χ1v) is 6.74. The van der Waals surface area contributed by atoms with E-state index in [4.69, 9.17) is 10.5 Å². The molecule has 17 heavy (non-hydrogen) atoms. The molecule has 0 saturated heterocycles. The topological polar surface area (TPSA) is 35.2 Å². The van der Waals surface area contributed by atoms with Gasteiger partial charge >= 0.3 is 0 Å². The van der Waals surface area contributed by atoms with E-state index in [9.17, 15) is 0 Å². The number of aryl methyl sites for hydroxylation is 1. The molecule has 0 bridgehead atoms. The zero-order chi connectivity index (χ0) is 11.8. The van der Waals surface area contributed by atoms with E-state index >= 15 is 0 Å². The lowest BCUT2D eigenvalue weighted by molar-refractivity contribution is 0.212. The van der Waals surface area contributed by atoms with Gasteiger partial charge in [0.25, 0.3) is 0 Å². The second kappa shape index (κ2) is 4.34. The summed E-state index contributed by atoms with van der Waals surface area (Å²) in [6.07, 6.45) is 6.32. The van der Waals surface area contributed by atoms with Gasteiger partial charge in [0.15, 0.2) is 0 Å². The molecule has 2 nitrogen and oxygen atoms in total. The molecule has 1 heterocycles. The van der Waals surface area contributed by atoms with E-state index in [0.717, 1.165) is 30.9 Å². The van der Waals surface area contributed by atoms with E-state index in [1.807, 2.05) is 0 Å². The van der Waals surface area contributed by atoms with Gasteiger partial charge in [-0.1, -0.05) is 17.7 Å². The first-order chi connectivity index (χ1) is 8.22. The third-order valence-corrected chi connectivity index (χ3v) is 4.01. The third kappa shape index (κ3) is 2.47. The van der Waals surface area contributed by atoms with Crippen molar-refractivity contribution in [2.24, 2.45) is 11.7 Å². The molecule has 1 saturated carbocycles. The van der Waals surface area contributed by atoms with Crippen molar-refractivity contribution in [3.63, 3.8) is 0 Å². The summed E-state index contributed by atoms with van der Waals surface area (Å²) in [5, 5.41) is 0. The molecule has 1 aromatic rings. The molecule has 2 aliphatic rings. The summed E-state index contributed by atoms with van der Waals surface area (Å²) in [6.45, 7) is 2.14. The Morgan fingerprint density at radius 1 is 1.41 bits per heavy atom. The highest BCUT2D eigenvalue weighted by molar-refractivity contribution is 5.40. The normalized spacial score (nSPS) is 24.2. The minimum absolute atomic E-state index is 0.358. The number of benzene rings is 1. The largest absolute Gasteiger partial charge is 0.490 e. The summed E-state index contributed by atoms with van der Waals surface area (Å²) in [6, 6.07) is 6.88. The Labute approximate surface area is 103 Å². The van der Waals surface area contributed by atoms with Gasteiger partial charge in [-0.2, -0.15) is 0 Å². The molecule has 2 unspecified atom stereocenters. The smallest absolute Gasteiger partial charge is 0.123 e. The average Bonchev–Trinajstić information content (AvgIpc) is 3.07. The molecule has 0 radical (unpaired) electrons. The van der Waals surface area contributed by atoms with Crippen LogP contribution in [0.2, 0.25) is 0 Å². The van der Waals surface area contributed by atoms with E-state index in [-0.39, 0.29) is 0 Å². The molecule has 2 heteroatoms. The Hall–Kier alpha value is -1.02. The molecule has 2 atom stereocenters. The number of hydrogen-bond acceptors (Lipinski definition) is 2. The SMILES string of the molecule is Cc1ccc2c(c1)CC(CCC(N)C1CC1)O2. The van der Waals surface area contributed by atoms with Gasteiger partial charge in [0.05, 0.1) is 0 Å². The lowest BCUT2D eigenvalue weighted by Crippen LogP contribution is -2.25. The zero-order valence-corrected chi connectivity index (χ0v) is 10.5. The summed E-state index contributed by atoms with van der Waals surface area (Å²) < 4.78 is 5.96. The van der Waals surface area contributed by atoms with E-state index in [1.54, 1.807) is 0 Å². The molecule has 0 amide bonds. The van der Waals surface area contributed by atoms with Gasteiger partial charge in [-0.3, -0.25) is 0 Å². The molecule has 0 aromatic heterocycles. The number of fused-ring (bicyclic) bond motifs is 1. The van der Waals surface area contributed by atoms with Gasteiger partial charge in [0.2, 0.25) is 0 Å². The maximum Gasteiger partial charge on any atom is 0.123 e. The predicted octanol–water partition coefficient (Wildman–Crippen LogP) is 2.82. The Kier molecular flexibility index (Phi) is 2.83. The van der Waals surface area contributed by atoms with Crippen molar-refractivity contribution in [2.75, 3.05) is 0 Å². The predicted molar refractivity (Wildman–Crippen MR) is 69.2 cm³/mol. The number of nitrogens with two attached hydrogens (primary N) is 1.